The van der Waals surface area contributed by atoms with E-state index in [1.807, 2.05) is 13.0 Å². The summed E-state index contributed by atoms with van der Waals surface area (Å²) in [6.07, 6.45) is 2.11. The first kappa shape index (κ1) is 17.5. The minimum absolute atomic E-state index is 0.000119. The fraction of sp³-hybridized carbons (Fsp3) is 0.600. The molecule has 4 rings (SSSR count). The Morgan fingerprint density at radius 3 is 2.81 bits per heavy atom. The average Bonchev–Trinajstić information content (AvgIpc) is 2.63. The summed E-state index contributed by atoms with van der Waals surface area (Å²) < 4.78 is 11.0. The lowest BCUT2D eigenvalue weighted by Gasteiger charge is -2.35. The monoisotopic (exact) mass is 358 g/mol. The van der Waals surface area contributed by atoms with Crippen molar-refractivity contribution in [1.82, 2.24) is 4.90 Å². The van der Waals surface area contributed by atoms with Gasteiger partial charge in [-0.05, 0) is 24.3 Å². The summed E-state index contributed by atoms with van der Waals surface area (Å²) in [5, 5.41) is 2.93. The van der Waals surface area contributed by atoms with Gasteiger partial charge in [-0.3, -0.25) is 14.5 Å². The molecule has 1 aliphatic carbocycles. The van der Waals surface area contributed by atoms with Crippen LogP contribution in [-0.4, -0.2) is 56.5 Å². The smallest absolute Gasteiger partial charge is 0.224 e. The zero-order valence-corrected chi connectivity index (χ0v) is 15.5. The normalized spacial score (nSPS) is 26.1. The number of nitrogens with one attached hydrogen (secondary N) is 1. The molecule has 3 aliphatic rings. The second-order valence-corrected chi connectivity index (χ2v) is 7.56. The summed E-state index contributed by atoms with van der Waals surface area (Å²) in [6.45, 7) is 6.07. The van der Waals surface area contributed by atoms with Crippen LogP contribution in [-0.2, 0) is 16.0 Å². The molecule has 140 valence electrons. The van der Waals surface area contributed by atoms with Gasteiger partial charge >= 0.3 is 0 Å². The van der Waals surface area contributed by atoms with Crippen molar-refractivity contribution in [1.29, 1.82) is 0 Å². The van der Waals surface area contributed by atoms with Gasteiger partial charge in [-0.15, -0.1) is 0 Å². The number of fused-ring (bicyclic) bond motifs is 3. The van der Waals surface area contributed by atoms with Crippen molar-refractivity contribution >= 4 is 17.4 Å². The SMILES string of the molecule is COc1cc2c(c3c1CCC(CN1CCOCC1)C3=O)C(C)CC(=O)N2. The largest absolute Gasteiger partial charge is 0.496 e. The number of Topliss-reactive ketones (excluding diaryl/α,β-unsaturated/α-hetero) is 1. The predicted octanol–water partition coefficient (Wildman–Crippen LogP) is 2.22. The van der Waals surface area contributed by atoms with E-state index in [4.69, 9.17) is 9.47 Å². The standard InChI is InChI=1S/C20H26N2O4/c1-12-9-17(23)21-15-10-16(25-2)14-4-3-13(20(24)19(14)18(12)15)11-22-5-7-26-8-6-22/h10,12-13H,3-9,11H2,1-2H3,(H,21,23). The van der Waals surface area contributed by atoms with E-state index < -0.39 is 0 Å². The third kappa shape index (κ3) is 3.01. The molecule has 26 heavy (non-hydrogen) atoms. The fourth-order valence-corrected chi connectivity index (χ4v) is 4.55. The van der Waals surface area contributed by atoms with Crippen LogP contribution in [0, 0.1) is 5.92 Å². The molecule has 0 bridgehead atoms. The molecule has 2 unspecified atom stereocenters. The van der Waals surface area contributed by atoms with Crippen molar-refractivity contribution < 1.29 is 19.1 Å². The quantitative estimate of drug-likeness (QED) is 0.897. The van der Waals surface area contributed by atoms with Gasteiger partial charge in [0.25, 0.3) is 0 Å². The maximum atomic E-state index is 13.4. The van der Waals surface area contributed by atoms with Crippen molar-refractivity contribution in [2.75, 3.05) is 45.3 Å². The second-order valence-electron chi connectivity index (χ2n) is 7.56. The molecule has 1 amide bonds. The first-order valence-electron chi connectivity index (χ1n) is 9.46. The number of nitrogens with zero attached hydrogens (tertiary/aromatic N) is 1. The number of morpholine rings is 1. The van der Waals surface area contributed by atoms with Crippen molar-refractivity contribution in [3.8, 4) is 5.75 Å². The Labute approximate surface area is 153 Å². The predicted molar refractivity (Wildman–Crippen MR) is 98.1 cm³/mol. The number of carbonyl (C=O) groups is 2. The zero-order chi connectivity index (χ0) is 18.3. The lowest BCUT2D eigenvalue weighted by molar-refractivity contribution is -0.116. The van der Waals surface area contributed by atoms with Crippen molar-refractivity contribution in [3.05, 3.63) is 22.8 Å². The summed E-state index contributed by atoms with van der Waals surface area (Å²) in [5.74, 6) is 0.966. The third-order valence-corrected chi connectivity index (χ3v) is 5.85. The van der Waals surface area contributed by atoms with Crippen LogP contribution in [0.1, 0.15) is 47.2 Å². The summed E-state index contributed by atoms with van der Waals surface area (Å²) in [4.78, 5) is 27.7. The van der Waals surface area contributed by atoms with Crippen LogP contribution in [0.25, 0.3) is 0 Å². The van der Waals surface area contributed by atoms with Gasteiger partial charge in [0.15, 0.2) is 5.78 Å². The molecule has 6 nitrogen and oxygen atoms in total. The maximum Gasteiger partial charge on any atom is 0.224 e. The van der Waals surface area contributed by atoms with Gasteiger partial charge in [0, 0.05) is 54.9 Å². The van der Waals surface area contributed by atoms with Gasteiger partial charge in [0.05, 0.1) is 20.3 Å². The van der Waals surface area contributed by atoms with Gasteiger partial charge in [0.2, 0.25) is 5.91 Å². The van der Waals surface area contributed by atoms with E-state index in [2.05, 4.69) is 10.2 Å². The van der Waals surface area contributed by atoms with Gasteiger partial charge < -0.3 is 14.8 Å². The minimum Gasteiger partial charge on any atom is -0.496 e. The molecule has 1 N–H and O–H groups in total. The second kappa shape index (κ2) is 7.00. The van der Waals surface area contributed by atoms with E-state index in [-0.39, 0.29) is 23.5 Å². The van der Waals surface area contributed by atoms with Crippen LogP contribution >= 0.6 is 0 Å². The Balaban J connectivity index is 1.71. The molecule has 6 heteroatoms. The van der Waals surface area contributed by atoms with Gasteiger partial charge in [-0.1, -0.05) is 6.92 Å². The summed E-state index contributed by atoms with van der Waals surface area (Å²) in [6, 6.07) is 1.89. The average molecular weight is 358 g/mol. The molecule has 1 saturated heterocycles. The van der Waals surface area contributed by atoms with E-state index in [9.17, 15) is 9.59 Å². The van der Waals surface area contributed by atoms with E-state index >= 15 is 0 Å². The van der Waals surface area contributed by atoms with Crippen LogP contribution in [0.3, 0.4) is 0 Å². The molecule has 0 spiro atoms. The lowest BCUT2D eigenvalue weighted by Crippen LogP contribution is -2.42. The highest BCUT2D eigenvalue weighted by Gasteiger charge is 2.37. The summed E-state index contributed by atoms with van der Waals surface area (Å²) >= 11 is 0. The van der Waals surface area contributed by atoms with Gasteiger partial charge in [-0.25, -0.2) is 0 Å². The molecule has 0 saturated carbocycles. The Morgan fingerprint density at radius 1 is 1.31 bits per heavy atom. The molecule has 2 heterocycles. The highest BCUT2D eigenvalue weighted by molar-refractivity contribution is 6.06. The third-order valence-electron chi connectivity index (χ3n) is 5.85. The van der Waals surface area contributed by atoms with Crippen LogP contribution in [0.4, 0.5) is 5.69 Å². The minimum atomic E-state index is 0.000119. The molecule has 1 aromatic rings. The number of benzene rings is 1. The number of rotatable bonds is 3. The van der Waals surface area contributed by atoms with E-state index in [0.717, 1.165) is 68.1 Å². The number of anilines is 1. The first-order valence-corrected chi connectivity index (χ1v) is 9.46. The molecule has 1 fully saturated rings. The van der Waals surface area contributed by atoms with E-state index in [0.29, 0.717) is 12.2 Å². The zero-order valence-electron chi connectivity index (χ0n) is 15.5. The number of carbonyl (C=O) groups excluding carboxylic acids is 2. The van der Waals surface area contributed by atoms with Crippen molar-refractivity contribution in [2.45, 2.75) is 32.1 Å². The number of methoxy groups -OCH3 is 1. The molecular weight excluding hydrogens is 332 g/mol. The van der Waals surface area contributed by atoms with E-state index in [1.165, 1.54) is 0 Å². The topological polar surface area (TPSA) is 67.9 Å². The van der Waals surface area contributed by atoms with Crippen molar-refractivity contribution in [2.24, 2.45) is 5.92 Å². The highest BCUT2D eigenvalue weighted by atomic mass is 16.5. The number of hydrogen-bond acceptors (Lipinski definition) is 5. The van der Waals surface area contributed by atoms with Gasteiger partial charge in [-0.2, -0.15) is 0 Å². The fourth-order valence-electron chi connectivity index (χ4n) is 4.55. The number of ketones is 1. The Kier molecular flexibility index (Phi) is 4.71. The lowest BCUT2D eigenvalue weighted by atomic mass is 9.75. The van der Waals surface area contributed by atoms with E-state index in [1.54, 1.807) is 7.11 Å². The molecule has 1 aromatic carbocycles. The maximum absolute atomic E-state index is 13.4. The van der Waals surface area contributed by atoms with Crippen LogP contribution in [0.15, 0.2) is 6.07 Å². The van der Waals surface area contributed by atoms with Crippen molar-refractivity contribution in [3.63, 3.8) is 0 Å². The molecule has 0 radical (unpaired) electrons. The summed E-state index contributed by atoms with van der Waals surface area (Å²) in [7, 11) is 1.63. The Morgan fingerprint density at radius 2 is 2.08 bits per heavy atom. The number of hydrogen-bond donors (Lipinski definition) is 1. The summed E-state index contributed by atoms with van der Waals surface area (Å²) in [5.41, 5.74) is 3.55. The molecule has 2 aliphatic heterocycles. The Bertz CT molecular complexity index is 740. The van der Waals surface area contributed by atoms with Gasteiger partial charge in [0.1, 0.15) is 5.75 Å². The Hall–Kier alpha value is -1.92. The molecule has 0 aromatic heterocycles. The molecular formula is C20H26N2O4. The first-order chi connectivity index (χ1) is 12.6. The molecule has 2 atom stereocenters. The van der Waals surface area contributed by atoms with Crippen LogP contribution in [0.2, 0.25) is 0 Å². The number of ether oxygens (including phenoxy) is 2. The van der Waals surface area contributed by atoms with Crippen LogP contribution in [0.5, 0.6) is 5.75 Å². The van der Waals surface area contributed by atoms with Crippen LogP contribution < -0.4 is 10.1 Å². The number of amides is 1. The highest BCUT2D eigenvalue weighted by Crippen LogP contribution is 2.44.